The molecule has 1 unspecified atom stereocenters. The Morgan fingerprint density at radius 2 is 1.81 bits per heavy atom. The summed E-state index contributed by atoms with van der Waals surface area (Å²) in [4.78, 5) is 37.5. The minimum Gasteiger partial charge on any atom is -0.380 e. The lowest BCUT2D eigenvalue weighted by Crippen LogP contribution is -2.49. The maximum absolute atomic E-state index is 13.5. The molecule has 2 amide bonds. The van der Waals surface area contributed by atoms with Gasteiger partial charge in [-0.05, 0) is 82.3 Å². The summed E-state index contributed by atoms with van der Waals surface area (Å²) in [6.45, 7) is 7.43. The summed E-state index contributed by atoms with van der Waals surface area (Å²) in [5.74, 6) is -0.0616. The second-order valence-electron chi connectivity index (χ2n) is 11.7. The van der Waals surface area contributed by atoms with Gasteiger partial charge in [-0.15, -0.1) is 0 Å². The van der Waals surface area contributed by atoms with Crippen molar-refractivity contribution in [1.29, 1.82) is 5.26 Å². The van der Waals surface area contributed by atoms with Crippen LogP contribution in [-0.2, 0) is 9.63 Å². The third kappa shape index (κ3) is 8.95. The average Bonchev–Trinajstić information content (AvgIpc) is 2.98. The number of benzene rings is 2. The van der Waals surface area contributed by atoms with Gasteiger partial charge in [0, 0.05) is 50.6 Å². The molecule has 0 aliphatic carbocycles. The molecule has 230 valence electrons. The van der Waals surface area contributed by atoms with E-state index in [2.05, 4.69) is 15.0 Å². The number of hydrogen-bond acceptors (Lipinski definition) is 6. The van der Waals surface area contributed by atoms with Gasteiger partial charge in [0.05, 0.1) is 22.3 Å². The molecule has 43 heavy (non-hydrogen) atoms. The molecule has 0 N–H and O–H groups in total. The Hall–Kier alpha value is -3.12. The highest BCUT2D eigenvalue weighted by atomic mass is 35.5. The Morgan fingerprint density at radius 3 is 2.47 bits per heavy atom. The molecule has 1 atom stereocenters. The van der Waals surface area contributed by atoms with E-state index in [0.717, 1.165) is 68.6 Å². The fourth-order valence-electron chi connectivity index (χ4n) is 6.21. The molecule has 0 radical (unpaired) electrons. The topological polar surface area (TPSA) is 89.2 Å². The van der Waals surface area contributed by atoms with Gasteiger partial charge in [-0.1, -0.05) is 51.6 Å². The van der Waals surface area contributed by atoms with Gasteiger partial charge in [0.1, 0.15) is 6.07 Å². The number of hydrogen-bond donors (Lipinski definition) is 0. The number of aryl methyl sites for hydroxylation is 2. The highest BCUT2D eigenvalue weighted by molar-refractivity contribution is 6.42. The minimum absolute atomic E-state index is 0.123. The number of oxime groups is 1. The fourth-order valence-corrected chi connectivity index (χ4v) is 6.52. The Bertz CT molecular complexity index is 1350. The van der Waals surface area contributed by atoms with Gasteiger partial charge in [-0.3, -0.25) is 9.59 Å². The molecule has 2 aliphatic rings. The van der Waals surface area contributed by atoms with Crippen LogP contribution in [0.2, 0.25) is 10.0 Å². The van der Waals surface area contributed by atoms with Crippen LogP contribution in [0, 0.1) is 25.2 Å². The zero-order chi connectivity index (χ0) is 30.9. The van der Waals surface area contributed by atoms with Crippen LogP contribution < -0.4 is 0 Å². The first-order chi connectivity index (χ1) is 20.7. The van der Waals surface area contributed by atoms with Gasteiger partial charge in [0.25, 0.3) is 5.91 Å². The summed E-state index contributed by atoms with van der Waals surface area (Å²) in [6, 6.07) is 13.6. The molecule has 0 aromatic heterocycles. The van der Waals surface area contributed by atoms with E-state index >= 15 is 0 Å². The summed E-state index contributed by atoms with van der Waals surface area (Å²) >= 11 is 12.7. The number of likely N-dealkylation sites (tertiary alicyclic amines) is 2. The van der Waals surface area contributed by atoms with E-state index < -0.39 is 0 Å². The van der Waals surface area contributed by atoms with Gasteiger partial charge >= 0.3 is 0 Å². The van der Waals surface area contributed by atoms with E-state index in [0.29, 0.717) is 46.1 Å². The Kier molecular flexibility index (Phi) is 11.9. The molecule has 0 spiro atoms. The molecule has 0 bridgehead atoms. The number of piperidine rings is 2. The standard InChI is InChI=1S/C33H41Cl2N5O3/c1-23-18-24(2)20-26(19-23)33(42)38(3)22-31(37-43-17-12-36)28(25-7-8-29(34)30(35)21-25)11-16-39-14-9-27(10-15-39)40-13-5-4-6-32(40)41/h7-8,18-21,27-28H,4-6,9-11,13-17,22H2,1-3H3/b37-31+. The Labute approximate surface area is 265 Å². The van der Waals surface area contributed by atoms with Gasteiger partial charge in [-0.2, -0.15) is 5.26 Å². The van der Waals surface area contributed by atoms with Gasteiger partial charge in [-0.25, -0.2) is 0 Å². The summed E-state index contributed by atoms with van der Waals surface area (Å²) < 4.78 is 0. The molecule has 8 nitrogen and oxygen atoms in total. The van der Waals surface area contributed by atoms with Crippen LogP contribution in [0.25, 0.3) is 0 Å². The smallest absolute Gasteiger partial charge is 0.253 e. The van der Waals surface area contributed by atoms with Gasteiger partial charge in [0.2, 0.25) is 12.5 Å². The molecule has 2 saturated heterocycles. The van der Waals surface area contributed by atoms with Crippen LogP contribution in [0.3, 0.4) is 0 Å². The van der Waals surface area contributed by atoms with Crippen molar-refractivity contribution in [3.63, 3.8) is 0 Å². The van der Waals surface area contributed by atoms with Crippen molar-refractivity contribution in [2.24, 2.45) is 5.16 Å². The first kappa shape index (κ1) is 32.8. The number of nitrogens with zero attached hydrogens (tertiary/aromatic N) is 5. The molecule has 2 heterocycles. The molecular formula is C33H41Cl2N5O3. The summed E-state index contributed by atoms with van der Waals surface area (Å²) in [5, 5.41) is 14.4. The van der Waals surface area contributed by atoms with Crippen LogP contribution in [0.5, 0.6) is 0 Å². The molecule has 2 aromatic carbocycles. The van der Waals surface area contributed by atoms with Crippen molar-refractivity contribution in [1.82, 2.24) is 14.7 Å². The van der Waals surface area contributed by atoms with Crippen LogP contribution in [-0.4, -0.2) is 84.6 Å². The van der Waals surface area contributed by atoms with Gasteiger partial charge < -0.3 is 19.5 Å². The molecule has 2 fully saturated rings. The summed E-state index contributed by atoms with van der Waals surface area (Å²) in [7, 11) is 1.75. The van der Waals surface area contributed by atoms with E-state index in [-0.39, 0.29) is 25.0 Å². The second-order valence-corrected chi connectivity index (χ2v) is 12.5. The number of carbonyl (C=O) groups excluding carboxylic acids is 2. The largest absolute Gasteiger partial charge is 0.380 e. The zero-order valence-corrected chi connectivity index (χ0v) is 26.8. The zero-order valence-electron chi connectivity index (χ0n) is 25.3. The maximum Gasteiger partial charge on any atom is 0.253 e. The molecule has 4 rings (SSSR count). The monoisotopic (exact) mass is 625 g/mol. The van der Waals surface area contributed by atoms with E-state index in [1.807, 2.05) is 50.2 Å². The molecular weight excluding hydrogens is 585 g/mol. The van der Waals surface area contributed by atoms with Crippen molar-refractivity contribution < 1.29 is 14.4 Å². The van der Waals surface area contributed by atoms with Crippen molar-refractivity contribution in [3.8, 4) is 6.07 Å². The van der Waals surface area contributed by atoms with Crippen LogP contribution in [0.1, 0.15) is 71.5 Å². The molecule has 2 aromatic rings. The fraction of sp³-hybridized carbons (Fsp3) is 0.515. The van der Waals surface area contributed by atoms with Crippen molar-refractivity contribution in [3.05, 3.63) is 68.7 Å². The lowest BCUT2D eigenvalue weighted by atomic mass is 9.89. The molecule has 0 saturated carbocycles. The third-order valence-electron chi connectivity index (χ3n) is 8.37. The number of halogens is 2. The van der Waals surface area contributed by atoms with Crippen LogP contribution >= 0.6 is 23.2 Å². The number of amides is 2. The predicted octanol–water partition coefficient (Wildman–Crippen LogP) is 6.23. The van der Waals surface area contributed by atoms with E-state index in [1.165, 1.54) is 0 Å². The van der Waals surface area contributed by atoms with Crippen molar-refractivity contribution in [2.75, 3.05) is 46.4 Å². The lowest BCUT2D eigenvalue weighted by Gasteiger charge is -2.40. The third-order valence-corrected chi connectivity index (χ3v) is 9.10. The molecule has 10 heteroatoms. The number of rotatable bonds is 11. The maximum atomic E-state index is 13.5. The van der Waals surface area contributed by atoms with Gasteiger partial charge in [0.15, 0.2) is 0 Å². The average molecular weight is 627 g/mol. The minimum atomic E-state index is -0.232. The normalized spacial score (nSPS) is 17.4. The van der Waals surface area contributed by atoms with Crippen molar-refractivity contribution >= 4 is 40.7 Å². The number of nitriles is 1. The number of carbonyl (C=O) groups is 2. The van der Waals surface area contributed by atoms with E-state index in [4.69, 9.17) is 33.3 Å². The Balaban J connectivity index is 1.52. The summed E-state index contributed by atoms with van der Waals surface area (Å²) in [6.07, 6.45) is 5.38. The first-order valence-corrected chi connectivity index (χ1v) is 15.8. The highest BCUT2D eigenvalue weighted by Gasteiger charge is 2.30. The molecule has 2 aliphatic heterocycles. The Morgan fingerprint density at radius 1 is 1.09 bits per heavy atom. The predicted molar refractivity (Wildman–Crippen MR) is 171 cm³/mol. The van der Waals surface area contributed by atoms with E-state index in [1.54, 1.807) is 18.0 Å². The highest BCUT2D eigenvalue weighted by Crippen LogP contribution is 2.31. The first-order valence-electron chi connectivity index (χ1n) is 15.0. The summed E-state index contributed by atoms with van der Waals surface area (Å²) in [5.41, 5.74) is 4.19. The van der Waals surface area contributed by atoms with Crippen molar-refractivity contribution in [2.45, 2.75) is 64.3 Å². The quantitative estimate of drug-likeness (QED) is 0.168. The van der Waals surface area contributed by atoms with Crippen LogP contribution in [0.4, 0.5) is 0 Å². The van der Waals surface area contributed by atoms with E-state index in [9.17, 15) is 9.59 Å². The SMILES string of the molecule is Cc1cc(C)cc(C(=O)N(C)C/C(=N\OCC#N)C(CCN2CCC(N3CCCCC3=O)CC2)c2ccc(Cl)c(Cl)c2)c1. The van der Waals surface area contributed by atoms with Crippen LogP contribution in [0.15, 0.2) is 41.6 Å². The lowest BCUT2D eigenvalue weighted by molar-refractivity contribution is -0.136. The second kappa shape index (κ2) is 15.6.